The summed E-state index contributed by atoms with van der Waals surface area (Å²) in [6.07, 6.45) is 0.671. The zero-order valence-corrected chi connectivity index (χ0v) is 14.8. The van der Waals surface area contributed by atoms with Crippen molar-refractivity contribution in [1.82, 2.24) is 20.1 Å². The Hall–Kier alpha value is -2.70. The molecule has 6 nitrogen and oxygen atoms in total. The lowest BCUT2D eigenvalue weighted by molar-refractivity contribution is 0.0735. The summed E-state index contributed by atoms with van der Waals surface area (Å²) >= 11 is 0. The largest absolute Gasteiger partial charge is 0.497 e. The molecule has 1 aliphatic rings. The van der Waals surface area contributed by atoms with Crippen LogP contribution in [0.15, 0.2) is 54.6 Å². The molecule has 1 aromatic heterocycles. The minimum Gasteiger partial charge on any atom is -0.497 e. The molecule has 1 atom stereocenters. The molecule has 1 fully saturated rings. The van der Waals surface area contributed by atoms with Gasteiger partial charge in [0.1, 0.15) is 5.75 Å². The van der Waals surface area contributed by atoms with Gasteiger partial charge in [0.15, 0.2) is 11.6 Å². The van der Waals surface area contributed by atoms with Crippen LogP contribution < -0.4 is 10.1 Å². The average Bonchev–Trinajstić information content (AvgIpc) is 3.14. The van der Waals surface area contributed by atoms with Crippen molar-refractivity contribution in [1.29, 1.82) is 0 Å². The summed E-state index contributed by atoms with van der Waals surface area (Å²) in [7, 11) is 1.67. The summed E-state index contributed by atoms with van der Waals surface area (Å²) in [6.45, 7) is 2.16. The quantitative estimate of drug-likeness (QED) is 0.766. The first-order chi connectivity index (χ1) is 12.8. The van der Waals surface area contributed by atoms with Gasteiger partial charge in [-0.2, -0.15) is 5.10 Å². The van der Waals surface area contributed by atoms with Gasteiger partial charge in [-0.1, -0.05) is 30.3 Å². The van der Waals surface area contributed by atoms with Gasteiger partial charge in [0.25, 0.3) is 0 Å². The summed E-state index contributed by atoms with van der Waals surface area (Å²) in [6, 6.07) is 18.2. The Labute approximate surface area is 152 Å². The third kappa shape index (κ3) is 3.61. The highest BCUT2D eigenvalue weighted by atomic mass is 16.5. The third-order valence-corrected chi connectivity index (χ3v) is 4.43. The van der Waals surface area contributed by atoms with E-state index in [9.17, 15) is 0 Å². The molecule has 0 spiro atoms. The first-order valence-corrected chi connectivity index (χ1v) is 8.79. The van der Waals surface area contributed by atoms with Gasteiger partial charge in [0.2, 0.25) is 0 Å². The van der Waals surface area contributed by atoms with Gasteiger partial charge in [-0.25, -0.2) is 9.67 Å². The van der Waals surface area contributed by atoms with Crippen LogP contribution in [0.5, 0.6) is 5.75 Å². The number of nitrogens with one attached hydrogen (secondary N) is 1. The van der Waals surface area contributed by atoms with E-state index in [0.717, 1.165) is 41.8 Å². The van der Waals surface area contributed by atoms with Gasteiger partial charge >= 0.3 is 0 Å². The Balaban J connectivity index is 1.65. The van der Waals surface area contributed by atoms with E-state index in [2.05, 4.69) is 5.32 Å². The molecule has 1 aliphatic heterocycles. The molecular formula is C20H22N4O2. The van der Waals surface area contributed by atoms with Gasteiger partial charge < -0.3 is 14.8 Å². The van der Waals surface area contributed by atoms with Gasteiger partial charge in [0, 0.05) is 13.0 Å². The normalized spacial score (nSPS) is 17.2. The Morgan fingerprint density at radius 3 is 2.65 bits per heavy atom. The molecule has 1 unspecified atom stereocenters. The van der Waals surface area contributed by atoms with Gasteiger partial charge in [-0.05, 0) is 29.8 Å². The van der Waals surface area contributed by atoms with Crippen LogP contribution >= 0.6 is 0 Å². The summed E-state index contributed by atoms with van der Waals surface area (Å²) in [4.78, 5) is 4.83. The molecule has 0 bridgehead atoms. The van der Waals surface area contributed by atoms with E-state index < -0.39 is 0 Å². The molecule has 2 aromatic carbocycles. The van der Waals surface area contributed by atoms with E-state index >= 15 is 0 Å². The monoisotopic (exact) mass is 350 g/mol. The summed E-state index contributed by atoms with van der Waals surface area (Å²) in [5, 5.41) is 8.25. The standard InChI is InChI=1S/C20H22N4O2/c1-25-17-9-7-15(8-10-17)13-19-22-20(18-14-26-12-11-21-18)24(23-19)16-5-3-2-4-6-16/h2-10,18,21H,11-14H2,1H3. The van der Waals surface area contributed by atoms with Crippen molar-refractivity contribution in [3.05, 3.63) is 71.8 Å². The lowest BCUT2D eigenvalue weighted by atomic mass is 10.1. The van der Waals surface area contributed by atoms with Crippen LogP contribution in [0.2, 0.25) is 0 Å². The molecule has 2 heterocycles. The van der Waals surface area contributed by atoms with E-state index in [1.807, 2.05) is 59.3 Å². The van der Waals surface area contributed by atoms with Crippen LogP contribution in [-0.2, 0) is 11.2 Å². The number of aromatic nitrogens is 3. The van der Waals surface area contributed by atoms with Gasteiger partial charge in [-0.15, -0.1) is 0 Å². The Morgan fingerprint density at radius 2 is 1.96 bits per heavy atom. The number of methoxy groups -OCH3 is 1. The number of rotatable bonds is 5. The van der Waals surface area contributed by atoms with Gasteiger partial charge in [0.05, 0.1) is 32.1 Å². The Morgan fingerprint density at radius 1 is 1.15 bits per heavy atom. The van der Waals surface area contributed by atoms with E-state index in [1.54, 1.807) is 7.11 Å². The molecule has 0 aliphatic carbocycles. The van der Waals surface area contributed by atoms with Crippen LogP contribution in [0.3, 0.4) is 0 Å². The molecule has 134 valence electrons. The van der Waals surface area contributed by atoms with Crippen LogP contribution in [0, 0.1) is 0 Å². The minimum absolute atomic E-state index is 0.0427. The second-order valence-electron chi connectivity index (χ2n) is 6.24. The topological polar surface area (TPSA) is 61.2 Å². The van der Waals surface area contributed by atoms with E-state index in [0.29, 0.717) is 13.0 Å². The molecule has 26 heavy (non-hydrogen) atoms. The maximum atomic E-state index is 5.62. The highest BCUT2D eigenvalue weighted by molar-refractivity contribution is 5.33. The summed E-state index contributed by atoms with van der Waals surface area (Å²) in [5.41, 5.74) is 2.15. The van der Waals surface area contributed by atoms with Crippen molar-refractivity contribution >= 4 is 0 Å². The predicted molar refractivity (Wildman–Crippen MR) is 98.7 cm³/mol. The first-order valence-electron chi connectivity index (χ1n) is 8.79. The van der Waals surface area contributed by atoms with Gasteiger partial charge in [-0.3, -0.25) is 0 Å². The molecule has 0 radical (unpaired) electrons. The second kappa shape index (κ2) is 7.68. The second-order valence-corrected chi connectivity index (χ2v) is 6.24. The van der Waals surface area contributed by atoms with Crippen molar-refractivity contribution in [3.8, 4) is 11.4 Å². The lowest BCUT2D eigenvalue weighted by Crippen LogP contribution is -2.36. The molecule has 4 rings (SSSR count). The predicted octanol–water partition coefficient (Wildman–Crippen LogP) is 2.53. The number of morpholine rings is 1. The SMILES string of the molecule is COc1ccc(Cc2nc(C3COCCN3)n(-c3ccccc3)n2)cc1. The summed E-state index contributed by atoms with van der Waals surface area (Å²) < 4.78 is 12.8. The van der Waals surface area contributed by atoms with Crippen LogP contribution in [0.1, 0.15) is 23.3 Å². The number of hydrogen-bond donors (Lipinski definition) is 1. The van der Waals surface area contributed by atoms with Crippen molar-refractivity contribution in [2.75, 3.05) is 26.9 Å². The van der Waals surface area contributed by atoms with E-state index in [-0.39, 0.29) is 6.04 Å². The first kappa shape index (κ1) is 16.8. The maximum absolute atomic E-state index is 5.62. The number of hydrogen-bond acceptors (Lipinski definition) is 5. The molecule has 1 saturated heterocycles. The van der Waals surface area contributed by atoms with Crippen LogP contribution in [0.25, 0.3) is 5.69 Å². The third-order valence-electron chi connectivity index (χ3n) is 4.43. The fourth-order valence-corrected chi connectivity index (χ4v) is 3.09. The summed E-state index contributed by atoms with van der Waals surface area (Å²) in [5.74, 6) is 2.53. The average molecular weight is 350 g/mol. The highest BCUT2D eigenvalue weighted by Gasteiger charge is 2.23. The smallest absolute Gasteiger partial charge is 0.155 e. The number of para-hydroxylation sites is 1. The highest BCUT2D eigenvalue weighted by Crippen LogP contribution is 2.20. The molecule has 3 aromatic rings. The van der Waals surface area contributed by atoms with Crippen molar-refractivity contribution in [3.63, 3.8) is 0 Å². The van der Waals surface area contributed by atoms with Crippen LogP contribution in [0.4, 0.5) is 0 Å². The van der Waals surface area contributed by atoms with E-state index in [1.165, 1.54) is 0 Å². The van der Waals surface area contributed by atoms with Crippen LogP contribution in [-0.4, -0.2) is 41.6 Å². The molecule has 0 amide bonds. The lowest BCUT2D eigenvalue weighted by Gasteiger charge is -2.23. The Kier molecular flexibility index (Phi) is 4.95. The van der Waals surface area contributed by atoms with Crippen molar-refractivity contribution in [2.24, 2.45) is 0 Å². The molecule has 1 N–H and O–H groups in total. The minimum atomic E-state index is 0.0427. The van der Waals surface area contributed by atoms with Crippen molar-refractivity contribution in [2.45, 2.75) is 12.5 Å². The van der Waals surface area contributed by atoms with Crippen molar-refractivity contribution < 1.29 is 9.47 Å². The fourth-order valence-electron chi connectivity index (χ4n) is 3.09. The number of ether oxygens (including phenoxy) is 2. The zero-order chi connectivity index (χ0) is 17.8. The zero-order valence-electron chi connectivity index (χ0n) is 14.8. The van der Waals surface area contributed by atoms with E-state index in [4.69, 9.17) is 19.6 Å². The maximum Gasteiger partial charge on any atom is 0.155 e. The fraction of sp³-hybridized carbons (Fsp3) is 0.300. The number of nitrogens with zero attached hydrogens (tertiary/aromatic N) is 3. The Bertz CT molecular complexity index is 840. The molecular weight excluding hydrogens is 328 g/mol. The number of benzene rings is 2. The molecule has 0 saturated carbocycles. The molecule has 6 heteroatoms.